The number of carbonyl (C=O) groups excluding carboxylic acids is 1. The number of hydrogen-bond acceptors (Lipinski definition) is 3. The van der Waals surface area contributed by atoms with Crippen LogP contribution in [0, 0.1) is 0 Å². The zero-order chi connectivity index (χ0) is 11.4. The Morgan fingerprint density at radius 3 is 2.67 bits per heavy atom. The number of thioether (sulfide) groups is 1. The van der Waals surface area contributed by atoms with E-state index < -0.39 is 0 Å². The van der Waals surface area contributed by atoms with Crippen molar-refractivity contribution in [2.24, 2.45) is 0 Å². The first kappa shape index (κ1) is 12.3. The number of hydrogen-bond donors (Lipinski definition) is 0. The van der Waals surface area contributed by atoms with Crippen molar-refractivity contribution in [3.05, 3.63) is 17.5 Å². The van der Waals surface area contributed by atoms with Crippen molar-refractivity contribution in [3.63, 3.8) is 0 Å². The van der Waals surface area contributed by atoms with Crippen molar-refractivity contribution >= 4 is 16.9 Å². The quantitative estimate of drug-likeness (QED) is 0.792. The summed E-state index contributed by atoms with van der Waals surface area (Å²) in [4.78, 5) is 10.8. The van der Waals surface area contributed by atoms with Crippen LogP contribution in [-0.4, -0.2) is 14.9 Å². The molecule has 0 atom stereocenters. The Hall–Kier alpha value is -0.770. The molecule has 0 aliphatic rings. The van der Waals surface area contributed by atoms with Gasteiger partial charge in [-0.15, -0.1) is 0 Å². The van der Waals surface area contributed by atoms with Crippen LogP contribution in [0.4, 0.5) is 0 Å². The molecule has 1 rings (SSSR count). The third kappa shape index (κ3) is 3.38. The van der Waals surface area contributed by atoms with Gasteiger partial charge in [-0.2, -0.15) is 5.10 Å². The summed E-state index contributed by atoms with van der Waals surface area (Å²) in [5.41, 5.74) is 2.24. The van der Waals surface area contributed by atoms with E-state index in [9.17, 15) is 4.79 Å². The fourth-order valence-electron chi connectivity index (χ4n) is 1.45. The average molecular weight is 226 g/mol. The molecule has 15 heavy (non-hydrogen) atoms. The summed E-state index contributed by atoms with van der Waals surface area (Å²) in [5.74, 6) is 0.683. The third-order valence-corrected chi connectivity index (χ3v) is 2.98. The number of carbonyl (C=O) groups is 1. The van der Waals surface area contributed by atoms with Crippen molar-refractivity contribution in [1.82, 2.24) is 9.78 Å². The zero-order valence-electron chi connectivity index (χ0n) is 9.78. The molecule has 4 heteroatoms. The van der Waals surface area contributed by atoms with E-state index >= 15 is 0 Å². The molecule has 0 fully saturated rings. The molecule has 1 aromatic rings. The molecule has 3 nitrogen and oxygen atoms in total. The Kier molecular flexibility index (Phi) is 4.39. The summed E-state index contributed by atoms with van der Waals surface area (Å²) in [7, 11) is 0. The Balaban J connectivity index is 2.78. The van der Waals surface area contributed by atoms with Gasteiger partial charge in [0.15, 0.2) is 5.12 Å². The summed E-state index contributed by atoms with van der Waals surface area (Å²) >= 11 is 1.31. The number of aryl methyl sites for hydroxylation is 1. The SMILES string of the molecule is CCc1cc(CSC(C)=O)nn1C(C)C. The fourth-order valence-corrected chi connectivity index (χ4v) is 1.94. The van der Waals surface area contributed by atoms with E-state index in [0.717, 1.165) is 12.1 Å². The summed E-state index contributed by atoms with van der Waals surface area (Å²) in [5, 5.41) is 4.64. The highest BCUT2D eigenvalue weighted by Crippen LogP contribution is 2.16. The normalized spacial score (nSPS) is 11.0. The van der Waals surface area contributed by atoms with Gasteiger partial charge in [-0.25, -0.2) is 0 Å². The second-order valence-electron chi connectivity index (χ2n) is 3.80. The minimum atomic E-state index is 0.146. The minimum absolute atomic E-state index is 0.146. The van der Waals surface area contributed by atoms with E-state index in [2.05, 4.69) is 31.9 Å². The van der Waals surface area contributed by atoms with Crippen LogP contribution in [0.1, 0.15) is 45.1 Å². The number of aromatic nitrogens is 2. The van der Waals surface area contributed by atoms with E-state index in [0.29, 0.717) is 11.8 Å². The average Bonchev–Trinajstić information content (AvgIpc) is 2.57. The highest BCUT2D eigenvalue weighted by molar-refractivity contribution is 8.12. The van der Waals surface area contributed by atoms with E-state index in [4.69, 9.17) is 0 Å². The maximum atomic E-state index is 10.8. The molecule has 0 aliphatic heterocycles. The van der Waals surface area contributed by atoms with Crippen molar-refractivity contribution < 1.29 is 4.79 Å². The second-order valence-corrected chi connectivity index (χ2v) is 4.95. The molecule has 0 bridgehead atoms. The molecule has 0 saturated carbocycles. The van der Waals surface area contributed by atoms with Crippen LogP contribution in [0.5, 0.6) is 0 Å². The first-order valence-electron chi connectivity index (χ1n) is 5.25. The topological polar surface area (TPSA) is 34.9 Å². The monoisotopic (exact) mass is 226 g/mol. The van der Waals surface area contributed by atoms with Crippen molar-refractivity contribution in [2.45, 2.75) is 45.9 Å². The van der Waals surface area contributed by atoms with E-state index in [1.54, 1.807) is 6.92 Å². The molecule has 0 radical (unpaired) electrons. The molecule has 1 heterocycles. The Morgan fingerprint density at radius 1 is 1.60 bits per heavy atom. The lowest BCUT2D eigenvalue weighted by Crippen LogP contribution is -2.06. The van der Waals surface area contributed by atoms with E-state index in [-0.39, 0.29) is 5.12 Å². The first-order chi connectivity index (χ1) is 7.04. The second kappa shape index (κ2) is 5.35. The highest BCUT2D eigenvalue weighted by Gasteiger charge is 2.09. The molecular formula is C11H18N2OS. The van der Waals surface area contributed by atoms with Crippen LogP contribution in [0.3, 0.4) is 0 Å². The predicted molar refractivity (Wildman–Crippen MR) is 64.0 cm³/mol. The van der Waals surface area contributed by atoms with E-state index in [1.165, 1.54) is 17.5 Å². The molecule has 0 saturated heterocycles. The van der Waals surface area contributed by atoms with Crippen LogP contribution in [0.25, 0.3) is 0 Å². The lowest BCUT2D eigenvalue weighted by atomic mass is 10.3. The van der Waals surface area contributed by atoms with Gasteiger partial charge in [-0.1, -0.05) is 18.7 Å². The van der Waals surface area contributed by atoms with Crippen LogP contribution in [0.2, 0.25) is 0 Å². The van der Waals surface area contributed by atoms with Crippen LogP contribution in [0.15, 0.2) is 6.07 Å². The zero-order valence-corrected chi connectivity index (χ0v) is 10.6. The molecule has 0 amide bonds. The van der Waals surface area contributed by atoms with Crippen LogP contribution >= 0.6 is 11.8 Å². The number of nitrogens with zero attached hydrogens (tertiary/aromatic N) is 2. The lowest BCUT2D eigenvalue weighted by molar-refractivity contribution is -0.109. The van der Waals surface area contributed by atoms with Crippen molar-refractivity contribution in [1.29, 1.82) is 0 Å². The van der Waals surface area contributed by atoms with Gasteiger partial charge in [0, 0.05) is 24.4 Å². The summed E-state index contributed by atoms with van der Waals surface area (Å²) < 4.78 is 2.04. The molecule has 84 valence electrons. The van der Waals surface area contributed by atoms with Crippen LogP contribution in [-0.2, 0) is 17.0 Å². The predicted octanol–water partition coefficient (Wildman–Crippen LogP) is 2.81. The van der Waals surface area contributed by atoms with E-state index in [1.807, 2.05) is 4.68 Å². The minimum Gasteiger partial charge on any atom is -0.288 e. The van der Waals surface area contributed by atoms with Crippen molar-refractivity contribution in [2.75, 3.05) is 0 Å². The largest absolute Gasteiger partial charge is 0.288 e. The van der Waals surface area contributed by atoms with Crippen LogP contribution < -0.4 is 0 Å². The standard InChI is InChI=1S/C11H18N2OS/c1-5-11-6-10(7-15-9(4)14)12-13(11)8(2)3/h6,8H,5,7H2,1-4H3. The molecular weight excluding hydrogens is 208 g/mol. The number of rotatable bonds is 4. The molecule has 0 aliphatic carbocycles. The highest BCUT2D eigenvalue weighted by atomic mass is 32.2. The Bertz CT molecular complexity index is 344. The van der Waals surface area contributed by atoms with Gasteiger partial charge in [0.2, 0.25) is 0 Å². The van der Waals surface area contributed by atoms with Gasteiger partial charge in [0.1, 0.15) is 0 Å². The summed E-state index contributed by atoms with van der Waals surface area (Å²) in [6.07, 6.45) is 0.982. The van der Waals surface area contributed by atoms with Gasteiger partial charge in [0.25, 0.3) is 0 Å². The fraction of sp³-hybridized carbons (Fsp3) is 0.636. The summed E-state index contributed by atoms with van der Waals surface area (Å²) in [6, 6.07) is 2.48. The van der Waals surface area contributed by atoms with Gasteiger partial charge < -0.3 is 0 Å². The maximum absolute atomic E-state index is 10.8. The lowest BCUT2D eigenvalue weighted by Gasteiger charge is -2.08. The molecule has 0 N–H and O–H groups in total. The maximum Gasteiger partial charge on any atom is 0.186 e. The van der Waals surface area contributed by atoms with Gasteiger partial charge in [-0.05, 0) is 26.3 Å². The summed E-state index contributed by atoms with van der Waals surface area (Å²) in [6.45, 7) is 7.95. The Morgan fingerprint density at radius 2 is 2.27 bits per heavy atom. The molecule has 0 unspecified atom stereocenters. The molecule has 0 spiro atoms. The smallest absolute Gasteiger partial charge is 0.186 e. The van der Waals surface area contributed by atoms with Gasteiger partial charge in [-0.3, -0.25) is 9.48 Å². The molecule has 0 aromatic carbocycles. The van der Waals surface area contributed by atoms with Crippen molar-refractivity contribution in [3.8, 4) is 0 Å². The Labute approximate surface area is 95.2 Å². The molecule has 1 aromatic heterocycles. The van der Waals surface area contributed by atoms with Gasteiger partial charge >= 0.3 is 0 Å². The third-order valence-electron chi connectivity index (χ3n) is 2.14. The first-order valence-corrected chi connectivity index (χ1v) is 6.23. The van der Waals surface area contributed by atoms with Gasteiger partial charge in [0.05, 0.1) is 5.69 Å².